The fraction of sp³-hybridized carbons (Fsp3) is 0.500. The standard InChI is InChI=1S/C12H15IN4/c13-10-7-11-12(14-8-10)17(9-15-11)6-5-16-3-1-2-4-16/h7-9H,1-6H2. The Morgan fingerprint density at radius 1 is 1.18 bits per heavy atom. The number of nitrogens with zero attached hydrogens (tertiary/aromatic N) is 4. The molecule has 0 saturated carbocycles. The summed E-state index contributed by atoms with van der Waals surface area (Å²) in [6, 6.07) is 2.08. The fourth-order valence-corrected chi connectivity index (χ4v) is 2.78. The van der Waals surface area contributed by atoms with Crippen LogP contribution in [0.1, 0.15) is 12.8 Å². The van der Waals surface area contributed by atoms with E-state index in [1.165, 1.54) is 25.9 Å². The van der Waals surface area contributed by atoms with Crippen LogP contribution in [-0.2, 0) is 6.54 Å². The molecule has 0 amide bonds. The van der Waals surface area contributed by atoms with Crippen molar-refractivity contribution >= 4 is 33.8 Å². The Balaban J connectivity index is 1.76. The minimum atomic E-state index is 0.990. The second-order valence-corrected chi connectivity index (χ2v) is 5.73. The zero-order chi connectivity index (χ0) is 11.7. The van der Waals surface area contributed by atoms with Crippen molar-refractivity contribution in [2.45, 2.75) is 19.4 Å². The largest absolute Gasteiger partial charge is 0.314 e. The van der Waals surface area contributed by atoms with Crippen LogP contribution in [-0.4, -0.2) is 39.1 Å². The molecular formula is C12H15IN4. The quantitative estimate of drug-likeness (QED) is 0.802. The van der Waals surface area contributed by atoms with Gasteiger partial charge >= 0.3 is 0 Å². The summed E-state index contributed by atoms with van der Waals surface area (Å²) in [7, 11) is 0. The Hall–Kier alpha value is -0.690. The van der Waals surface area contributed by atoms with Gasteiger partial charge in [0.25, 0.3) is 0 Å². The molecule has 4 nitrogen and oxygen atoms in total. The summed E-state index contributed by atoms with van der Waals surface area (Å²) in [6.45, 7) is 4.60. The summed E-state index contributed by atoms with van der Waals surface area (Å²) in [6.07, 6.45) is 6.50. The van der Waals surface area contributed by atoms with Crippen LogP contribution in [0.15, 0.2) is 18.6 Å². The first-order chi connectivity index (χ1) is 8.33. The third-order valence-electron chi connectivity index (χ3n) is 3.28. The van der Waals surface area contributed by atoms with Gasteiger partial charge in [0.15, 0.2) is 5.65 Å². The highest BCUT2D eigenvalue weighted by Crippen LogP contribution is 2.14. The van der Waals surface area contributed by atoms with Crippen molar-refractivity contribution < 1.29 is 0 Å². The summed E-state index contributed by atoms with van der Waals surface area (Å²) < 4.78 is 3.30. The number of aromatic nitrogens is 3. The zero-order valence-electron chi connectivity index (χ0n) is 9.64. The van der Waals surface area contributed by atoms with E-state index in [2.05, 4.69) is 48.1 Å². The normalized spacial score (nSPS) is 17.0. The van der Waals surface area contributed by atoms with Crippen molar-refractivity contribution in [3.05, 3.63) is 22.2 Å². The van der Waals surface area contributed by atoms with Crippen LogP contribution in [0.4, 0.5) is 0 Å². The van der Waals surface area contributed by atoms with Crippen LogP contribution in [0.5, 0.6) is 0 Å². The average molecular weight is 342 g/mol. The molecule has 90 valence electrons. The molecule has 3 heterocycles. The molecule has 1 aliphatic heterocycles. The number of fused-ring (bicyclic) bond motifs is 1. The molecule has 0 aromatic carbocycles. The van der Waals surface area contributed by atoms with Crippen molar-refractivity contribution in [1.29, 1.82) is 0 Å². The Labute approximate surface area is 114 Å². The predicted molar refractivity (Wildman–Crippen MR) is 75.9 cm³/mol. The van der Waals surface area contributed by atoms with Crippen molar-refractivity contribution in [2.24, 2.45) is 0 Å². The summed E-state index contributed by atoms with van der Waals surface area (Å²) in [5.74, 6) is 0. The van der Waals surface area contributed by atoms with E-state index in [0.29, 0.717) is 0 Å². The molecule has 2 aromatic heterocycles. The number of imidazole rings is 1. The van der Waals surface area contributed by atoms with Gasteiger partial charge in [-0.1, -0.05) is 0 Å². The van der Waals surface area contributed by atoms with Gasteiger partial charge in [-0.15, -0.1) is 0 Å². The van der Waals surface area contributed by atoms with Gasteiger partial charge in [-0.05, 0) is 54.6 Å². The summed E-state index contributed by atoms with van der Waals surface area (Å²) >= 11 is 2.27. The number of halogens is 1. The lowest BCUT2D eigenvalue weighted by molar-refractivity contribution is 0.324. The van der Waals surface area contributed by atoms with E-state index in [0.717, 1.165) is 27.8 Å². The van der Waals surface area contributed by atoms with E-state index < -0.39 is 0 Å². The first kappa shape index (κ1) is 11.4. The maximum Gasteiger partial charge on any atom is 0.159 e. The topological polar surface area (TPSA) is 34.0 Å². The van der Waals surface area contributed by atoms with Gasteiger partial charge in [-0.3, -0.25) is 0 Å². The Bertz CT molecular complexity index is 516. The Morgan fingerprint density at radius 3 is 2.82 bits per heavy atom. The molecule has 2 aromatic rings. The van der Waals surface area contributed by atoms with Crippen LogP contribution in [0.3, 0.4) is 0 Å². The van der Waals surface area contributed by atoms with Gasteiger partial charge < -0.3 is 9.47 Å². The molecule has 1 aliphatic rings. The van der Waals surface area contributed by atoms with Gasteiger partial charge in [0, 0.05) is 22.9 Å². The van der Waals surface area contributed by atoms with E-state index in [1.807, 2.05) is 12.5 Å². The lowest BCUT2D eigenvalue weighted by atomic mass is 10.4. The minimum Gasteiger partial charge on any atom is -0.314 e. The summed E-state index contributed by atoms with van der Waals surface area (Å²) in [4.78, 5) is 11.4. The van der Waals surface area contributed by atoms with Crippen molar-refractivity contribution in [3.63, 3.8) is 0 Å². The molecule has 1 fully saturated rings. The molecule has 0 spiro atoms. The highest BCUT2D eigenvalue weighted by atomic mass is 127. The average Bonchev–Trinajstić information content (AvgIpc) is 2.94. The molecule has 0 aliphatic carbocycles. The summed E-state index contributed by atoms with van der Waals surface area (Å²) in [5, 5.41) is 0. The number of pyridine rings is 1. The van der Waals surface area contributed by atoms with Gasteiger partial charge in [0.1, 0.15) is 5.52 Å². The molecular weight excluding hydrogens is 327 g/mol. The molecule has 3 rings (SSSR count). The molecule has 0 unspecified atom stereocenters. The van der Waals surface area contributed by atoms with E-state index in [4.69, 9.17) is 0 Å². The highest BCUT2D eigenvalue weighted by molar-refractivity contribution is 14.1. The van der Waals surface area contributed by atoms with Gasteiger partial charge in [-0.25, -0.2) is 9.97 Å². The van der Waals surface area contributed by atoms with Gasteiger partial charge in [0.05, 0.1) is 6.33 Å². The van der Waals surface area contributed by atoms with Crippen LogP contribution in [0.2, 0.25) is 0 Å². The van der Waals surface area contributed by atoms with Gasteiger partial charge in [0.2, 0.25) is 0 Å². The van der Waals surface area contributed by atoms with Crippen LogP contribution in [0, 0.1) is 3.57 Å². The highest BCUT2D eigenvalue weighted by Gasteiger charge is 2.12. The van der Waals surface area contributed by atoms with Gasteiger partial charge in [-0.2, -0.15) is 0 Å². The van der Waals surface area contributed by atoms with Crippen LogP contribution >= 0.6 is 22.6 Å². The molecule has 5 heteroatoms. The monoisotopic (exact) mass is 342 g/mol. The van der Waals surface area contributed by atoms with Crippen LogP contribution in [0.25, 0.3) is 11.2 Å². The first-order valence-electron chi connectivity index (χ1n) is 6.02. The predicted octanol–water partition coefficient (Wildman–Crippen LogP) is 2.13. The SMILES string of the molecule is Ic1cnc2c(c1)ncn2CCN1CCCC1. The van der Waals surface area contributed by atoms with E-state index in [-0.39, 0.29) is 0 Å². The molecule has 0 atom stereocenters. The molecule has 0 N–H and O–H groups in total. The van der Waals surface area contributed by atoms with Crippen LogP contribution < -0.4 is 0 Å². The number of hydrogen-bond acceptors (Lipinski definition) is 3. The minimum absolute atomic E-state index is 0.990. The third-order valence-corrected chi connectivity index (χ3v) is 3.87. The number of rotatable bonds is 3. The van der Waals surface area contributed by atoms with Crippen molar-refractivity contribution in [1.82, 2.24) is 19.4 Å². The lowest BCUT2D eigenvalue weighted by Gasteiger charge is -2.14. The number of hydrogen-bond donors (Lipinski definition) is 0. The first-order valence-corrected chi connectivity index (χ1v) is 7.09. The van der Waals surface area contributed by atoms with E-state index in [9.17, 15) is 0 Å². The maximum absolute atomic E-state index is 4.46. The molecule has 0 bridgehead atoms. The lowest BCUT2D eigenvalue weighted by Crippen LogP contribution is -2.23. The molecule has 0 radical (unpaired) electrons. The number of likely N-dealkylation sites (tertiary alicyclic amines) is 1. The van der Waals surface area contributed by atoms with E-state index in [1.54, 1.807) is 0 Å². The molecule has 17 heavy (non-hydrogen) atoms. The second kappa shape index (κ2) is 4.89. The Kier molecular flexibility index (Phi) is 3.28. The summed E-state index contributed by atoms with van der Waals surface area (Å²) in [5.41, 5.74) is 2.00. The molecule has 1 saturated heterocycles. The zero-order valence-corrected chi connectivity index (χ0v) is 11.8. The van der Waals surface area contributed by atoms with Crippen molar-refractivity contribution in [3.8, 4) is 0 Å². The third kappa shape index (κ3) is 2.44. The van der Waals surface area contributed by atoms with Crippen molar-refractivity contribution in [2.75, 3.05) is 19.6 Å². The van der Waals surface area contributed by atoms with E-state index >= 15 is 0 Å². The smallest absolute Gasteiger partial charge is 0.159 e. The maximum atomic E-state index is 4.46. The fourth-order valence-electron chi connectivity index (χ4n) is 2.34. The second-order valence-electron chi connectivity index (χ2n) is 4.48. The Morgan fingerprint density at radius 2 is 2.00 bits per heavy atom.